The number of carbonyl (C=O) groups excluding carboxylic acids is 1. The van der Waals surface area contributed by atoms with Gasteiger partial charge in [-0.05, 0) is 24.1 Å². The van der Waals surface area contributed by atoms with Crippen LogP contribution in [0.5, 0.6) is 11.5 Å². The van der Waals surface area contributed by atoms with Crippen molar-refractivity contribution in [2.45, 2.75) is 19.8 Å². The van der Waals surface area contributed by atoms with Crippen molar-refractivity contribution in [1.29, 1.82) is 0 Å². The summed E-state index contributed by atoms with van der Waals surface area (Å²) in [6.07, 6.45) is 3.87. The van der Waals surface area contributed by atoms with Crippen molar-refractivity contribution in [2.75, 3.05) is 19.5 Å². The average molecular weight is 465 g/mol. The van der Waals surface area contributed by atoms with Crippen LogP contribution in [0.2, 0.25) is 0 Å². The van der Waals surface area contributed by atoms with E-state index >= 15 is 0 Å². The summed E-state index contributed by atoms with van der Waals surface area (Å²) in [6, 6.07) is 10.9. The number of hydrogen-bond acceptors (Lipinski definition) is 6. The van der Waals surface area contributed by atoms with E-state index < -0.39 is 11.4 Å². The molecule has 2 aromatic heterocycles. The molecule has 34 heavy (non-hydrogen) atoms. The van der Waals surface area contributed by atoms with E-state index in [2.05, 4.69) is 15.5 Å². The van der Waals surface area contributed by atoms with E-state index in [1.165, 1.54) is 37.0 Å². The molecule has 2 aromatic carbocycles. The number of hydrogen-bond donors (Lipinski definition) is 1. The zero-order chi connectivity index (χ0) is 24.2. The van der Waals surface area contributed by atoms with Gasteiger partial charge in [0.1, 0.15) is 23.1 Å². The maximum atomic E-state index is 13.6. The van der Waals surface area contributed by atoms with Gasteiger partial charge in [-0.1, -0.05) is 13.0 Å². The highest BCUT2D eigenvalue weighted by Gasteiger charge is 2.17. The number of rotatable bonds is 8. The van der Waals surface area contributed by atoms with Crippen LogP contribution < -0.4 is 20.3 Å². The highest BCUT2D eigenvalue weighted by molar-refractivity contribution is 5.91. The zero-order valence-electron chi connectivity index (χ0n) is 19.0. The molecule has 1 amide bonds. The molecule has 0 fully saturated rings. The average Bonchev–Trinajstić information content (AvgIpc) is 3.22. The van der Waals surface area contributed by atoms with Gasteiger partial charge in [0.25, 0.3) is 0 Å². The second-order valence-corrected chi connectivity index (χ2v) is 7.93. The summed E-state index contributed by atoms with van der Waals surface area (Å²) in [4.78, 5) is 25.4. The summed E-state index contributed by atoms with van der Waals surface area (Å²) in [6.45, 7) is 1.92. The third-order valence-electron chi connectivity index (χ3n) is 5.33. The smallest absolute Gasteiger partial charge is 0.300 e. The molecular weight excluding hydrogens is 441 g/mol. The lowest BCUT2D eigenvalue weighted by Crippen LogP contribution is -2.21. The summed E-state index contributed by atoms with van der Waals surface area (Å²) in [5.74, 6) is 1.01. The largest absolute Gasteiger partial charge is 0.497 e. The molecular formula is C24H24FN5O4. The monoisotopic (exact) mass is 465 g/mol. The van der Waals surface area contributed by atoms with Crippen LogP contribution >= 0.6 is 0 Å². The van der Waals surface area contributed by atoms with Crippen LogP contribution in [0, 0.1) is 11.7 Å². The van der Waals surface area contributed by atoms with E-state index in [0.717, 1.165) is 0 Å². The van der Waals surface area contributed by atoms with Gasteiger partial charge in [-0.2, -0.15) is 0 Å². The number of anilines is 1. The van der Waals surface area contributed by atoms with Crippen molar-refractivity contribution in [3.63, 3.8) is 0 Å². The van der Waals surface area contributed by atoms with E-state index in [1.54, 1.807) is 41.1 Å². The maximum absolute atomic E-state index is 13.6. The second-order valence-electron chi connectivity index (χ2n) is 7.93. The predicted molar refractivity (Wildman–Crippen MR) is 124 cm³/mol. The molecule has 0 aliphatic heterocycles. The standard InChI is InChI=1S/C24H24FN5O4/c1-15(10-22(31)26-17-12-19(33-2)14-20(13-17)34-3)9-21-27-28-23-24(32)29(7-8-30(21)23)18-6-4-5-16(25)11-18/h4-8,11-15H,9-10H2,1-3H3,(H,26,31)/t15-/m1/s1. The van der Waals surface area contributed by atoms with E-state index in [-0.39, 0.29) is 23.9 Å². The van der Waals surface area contributed by atoms with Gasteiger partial charge >= 0.3 is 5.56 Å². The first kappa shape index (κ1) is 23.0. The topological polar surface area (TPSA) is 99.8 Å². The Morgan fingerprint density at radius 1 is 1.09 bits per heavy atom. The quantitative estimate of drug-likeness (QED) is 0.429. The number of amides is 1. The summed E-state index contributed by atoms with van der Waals surface area (Å²) < 4.78 is 26.9. The van der Waals surface area contributed by atoms with Crippen molar-refractivity contribution in [3.8, 4) is 17.2 Å². The number of carbonyl (C=O) groups is 1. The fraction of sp³-hybridized carbons (Fsp3) is 0.250. The fourth-order valence-electron chi connectivity index (χ4n) is 3.70. The number of nitrogens with zero attached hydrogens (tertiary/aromatic N) is 4. The lowest BCUT2D eigenvalue weighted by Gasteiger charge is -2.13. The molecule has 0 unspecified atom stereocenters. The van der Waals surface area contributed by atoms with Gasteiger partial charge in [-0.3, -0.25) is 18.6 Å². The number of nitrogens with one attached hydrogen (secondary N) is 1. The van der Waals surface area contributed by atoms with Gasteiger partial charge in [0.15, 0.2) is 0 Å². The van der Waals surface area contributed by atoms with Crippen molar-refractivity contribution in [1.82, 2.24) is 19.2 Å². The predicted octanol–water partition coefficient (Wildman–Crippen LogP) is 3.24. The first-order chi connectivity index (χ1) is 16.4. The summed E-state index contributed by atoms with van der Waals surface area (Å²) >= 11 is 0. The molecule has 9 nitrogen and oxygen atoms in total. The lowest BCUT2D eigenvalue weighted by molar-refractivity contribution is -0.116. The minimum Gasteiger partial charge on any atom is -0.497 e. The Bertz CT molecular complexity index is 1380. The van der Waals surface area contributed by atoms with Gasteiger partial charge in [0.05, 0.1) is 19.9 Å². The third kappa shape index (κ3) is 4.90. The number of halogens is 1. The molecule has 4 aromatic rings. The van der Waals surface area contributed by atoms with Crippen LogP contribution in [0.15, 0.2) is 59.7 Å². The van der Waals surface area contributed by atoms with Crippen LogP contribution in [-0.4, -0.2) is 39.3 Å². The molecule has 2 heterocycles. The number of methoxy groups -OCH3 is 2. The van der Waals surface area contributed by atoms with E-state index in [9.17, 15) is 14.0 Å². The second kappa shape index (κ2) is 9.74. The molecule has 0 saturated carbocycles. The molecule has 10 heteroatoms. The lowest BCUT2D eigenvalue weighted by atomic mass is 10.0. The van der Waals surface area contributed by atoms with Gasteiger partial charge in [-0.25, -0.2) is 4.39 Å². The first-order valence-electron chi connectivity index (χ1n) is 10.6. The highest BCUT2D eigenvalue weighted by atomic mass is 19.1. The molecule has 0 aliphatic carbocycles. The highest BCUT2D eigenvalue weighted by Crippen LogP contribution is 2.26. The SMILES string of the molecule is COc1cc(NC(=O)C[C@H](C)Cc2nnc3c(=O)n(-c4cccc(F)c4)ccn23)cc(OC)c1. The Morgan fingerprint density at radius 2 is 1.82 bits per heavy atom. The molecule has 4 rings (SSSR count). The molecule has 1 atom stereocenters. The van der Waals surface area contributed by atoms with Gasteiger partial charge in [0.2, 0.25) is 11.6 Å². The van der Waals surface area contributed by atoms with Gasteiger partial charge in [0, 0.05) is 49.1 Å². The molecule has 0 bridgehead atoms. The van der Waals surface area contributed by atoms with Crippen LogP contribution in [0.3, 0.4) is 0 Å². The Balaban J connectivity index is 1.47. The van der Waals surface area contributed by atoms with E-state index in [0.29, 0.717) is 35.1 Å². The molecule has 0 radical (unpaired) electrons. The van der Waals surface area contributed by atoms with E-state index in [4.69, 9.17) is 9.47 Å². The minimum absolute atomic E-state index is 0.0782. The minimum atomic E-state index is -0.439. The molecule has 1 N–H and O–H groups in total. The first-order valence-corrected chi connectivity index (χ1v) is 10.6. The number of fused-ring (bicyclic) bond motifs is 1. The Morgan fingerprint density at radius 3 is 2.50 bits per heavy atom. The Labute approximate surface area is 194 Å². The number of ether oxygens (including phenoxy) is 2. The van der Waals surface area contributed by atoms with Crippen LogP contribution in [0.25, 0.3) is 11.3 Å². The Kier molecular flexibility index (Phi) is 6.58. The fourth-order valence-corrected chi connectivity index (χ4v) is 3.70. The summed E-state index contributed by atoms with van der Waals surface area (Å²) in [5.41, 5.74) is 0.682. The zero-order valence-corrected chi connectivity index (χ0v) is 19.0. The van der Waals surface area contributed by atoms with Crippen molar-refractivity contribution >= 4 is 17.2 Å². The van der Waals surface area contributed by atoms with Gasteiger partial charge < -0.3 is 14.8 Å². The number of benzene rings is 2. The van der Waals surface area contributed by atoms with Crippen LogP contribution in [0.4, 0.5) is 10.1 Å². The maximum Gasteiger partial charge on any atom is 0.300 e. The molecule has 176 valence electrons. The number of aromatic nitrogens is 4. The summed E-state index contributed by atoms with van der Waals surface area (Å²) in [7, 11) is 3.08. The Hall–Kier alpha value is -4.21. The normalized spacial score (nSPS) is 11.9. The van der Waals surface area contributed by atoms with Crippen molar-refractivity contribution < 1.29 is 18.7 Å². The van der Waals surface area contributed by atoms with Crippen LogP contribution in [0.1, 0.15) is 19.2 Å². The van der Waals surface area contributed by atoms with Crippen molar-refractivity contribution in [2.24, 2.45) is 5.92 Å². The third-order valence-corrected chi connectivity index (χ3v) is 5.33. The van der Waals surface area contributed by atoms with Crippen LogP contribution in [-0.2, 0) is 11.2 Å². The molecule has 0 aliphatic rings. The van der Waals surface area contributed by atoms with E-state index in [1.807, 2.05) is 6.92 Å². The molecule has 0 spiro atoms. The van der Waals surface area contributed by atoms with Gasteiger partial charge in [-0.15, -0.1) is 10.2 Å². The van der Waals surface area contributed by atoms with Crippen molar-refractivity contribution in [3.05, 3.63) is 76.9 Å². The summed E-state index contributed by atoms with van der Waals surface area (Å²) in [5, 5.41) is 11.0. The molecule has 0 saturated heterocycles.